The van der Waals surface area contributed by atoms with E-state index in [1.165, 1.54) is 0 Å². The maximum absolute atomic E-state index is 11.7. The molecule has 3 N–H and O–H groups in total. The molecule has 0 spiro atoms. The number of carbonyl (C=O) groups is 1. The number of nitrogens with zero attached hydrogens (tertiary/aromatic N) is 1. The van der Waals surface area contributed by atoms with E-state index in [1.807, 2.05) is 21.0 Å². The van der Waals surface area contributed by atoms with E-state index >= 15 is 0 Å². The Morgan fingerprint density at radius 3 is 2.55 bits per heavy atom. The predicted molar refractivity (Wildman–Crippen MR) is 82.1 cm³/mol. The Bertz CT molecular complexity index is 470. The van der Waals surface area contributed by atoms with E-state index in [0.717, 1.165) is 0 Å². The van der Waals surface area contributed by atoms with E-state index < -0.39 is 0 Å². The van der Waals surface area contributed by atoms with E-state index in [1.54, 1.807) is 18.2 Å². The molecule has 0 aliphatic rings. The van der Waals surface area contributed by atoms with Crippen LogP contribution in [0.15, 0.2) is 18.2 Å². The van der Waals surface area contributed by atoms with Crippen molar-refractivity contribution in [1.82, 2.24) is 10.2 Å². The minimum atomic E-state index is -0.126. The first-order valence-electron chi connectivity index (χ1n) is 6.76. The minimum Gasteiger partial charge on any atom is -0.490 e. The molecule has 0 atom stereocenters. The number of benzene rings is 1. The smallest absolute Gasteiger partial charge is 0.251 e. The summed E-state index contributed by atoms with van der Waals surface area (Å²) in [6.07, 6.45) is 0. The molecular formula is C15H25N3O2. The first-order chi connectivity index (χ1) is 9.27. The Morgan fingerprint density at radius 2 is 2.05 bits per heavy atom. The Labute approximate surface area is 121 Å². The number of anilines is 1. The van der Waals surface area contributed by atoms with Gasteiger partial charge in [-0.15, -0.1) is 0 Å². The summed E-state index contributed by atoms with van der Waals surface area (Å²) in [4.78, 5) is 13.8. The van der Waals surface area contributed by atoms with Gasteiger partial charge in [-0.05, 0) is 53.1 Å². The number of likely N-dealkylation sites (N-methyl/N-ethyl adjacent to an activating group) is 1. The number of rotatable bonds is 6. The van der Waals surface area contributed by atoms with Crippen molar-refractivity contribution in [3.05, 3.63) is 23.8 Å². The molecule has 20 heavy (non-hydrogen) atoms. The lowest BCUT2D eigenvalue weighted by molar-refractivity contribution is 0.0955. The van der Waals surface area contributed by atoms with Crippen molar-refractivity contribution in [2.24, 2.45) is 0 Å². The number of nitrogen functional groups attached to an aromatic ring is 1. The minimum absolute atomic E-state index is 0.0926. The molecule has 1 aromatic carbocycles. The van der Waals surface area contributed by atoms with Crippen molar-refractivity contribution in [2.45, 2.75) is 26.3 Å². The van der Waals surface area contributed by atoms with Gasteiger partial charge < -0.3 is 20.7 Å². The van der Waals surface area contributed by atoms with Gasteiger partial charge in [-0.1, -0.05) is 0 Å². The first-order valence-corrected chi connectivity index (χ1v) is 6.76. The van der Waals surface area contributed by atoms with E-state index in [9.17, 15) is 4.79 Å². The number of hydrogen-bond acceptors (Lipinski definition) is 4. The fourth-order valence-electron chi connectivity index (χ4n) is 1.47. The third-order valence-corrected chi connectivity index (χ3v) is 3.40. The van der Waals surface area contributed by atoms with Crippen LogP contribution in [0.5, 0.6) is 5.75 Å². The van der Waals surface area contributed by atoms with Crippen molar-refractivity contribution in [1.29, 1.82) is 0 Å². The molecular weight excluding hydrogens is 254 g/mol. The van der Waals surface area contributed by atoms with Gasteiger partial charge in [0.15, 0.2) is 0 Å². The zero-order valence-corrected chi connectivity index (χ0v) is 13.0. The number of amides is 1. The largest absolute Gasteiger partial charge is 0.490 e. The van der Waals surface area contributed by atoms with Crippen molar-refractivity contribution in [3.63, 3.8) is 0 Å². The Kier molecular flexibility index (Phi) is 5.39. The van der Waals surface area contributed by atoms with Gasteiger partial charge in [0.2, 0.25) is 0 Å². The normalized spacial score (nSPS) is 11.5. The van der Waals surface area contributed by atoms with Crippen molar-refractivity contribution < 1.29 is 9.53 Å². The number of nitrogens with two attached hydrogens (primary N) is 1. The molecule has 0 unspecified atom stereocenters. The molecule has 0 aromatic heterocycles. The molecule has 0 aliphatic carbocycles. The van der Waals surface area contributed by atoms with Crippen LogP contribution in [0.2, 0.25) is 0 Å². The second-order valence-corrected chi connectivity index (χ2v) is 5.61. The fourth-order valence-corrected chi connectivity index (χ4v) is 1.47. The van der Waals surface area contributed by atoms with E-state index in [-0.39, 0.29) is 11.4 Å². The van der Waals surface area contributed by atoms with Gasteiger partial charge in [0.25, 0.3) is 5.91 Å². The van der Waals surface area contributed by atoms with Crippen LogP contribution >= 0.6 is 0 Å². The Hall–Kier alpha value is -1.75. The number of hydrogen-bond donors (Lipinski definition) is 2. The molecule has 0 heterocycles. The summed E-state index contributed by atoms with van der Waals surface area (Å²) in [5.41, 5.74) is 6.87. The third-order valence-electron chi connectivity index (χ3n) is 3.40. The standard InChI is InChI=1S/C15H25N3O2/c1-6-17-14(19)11-7-8-13(12(16)9-11)20-10-15(2,3)18(4)5/h7-9H,6,10,16H2,1-5H3,(H,17,19). The Morgan fingerprint density at radius 1 is 1.40 bits per heavy atom. The molecule has 0 fully saturated rings. The zero-order valence-electron chi connectivity index (χ0n) is 13.0. The molecule has 0 bridgehead atoms. The number of ether oxygens (including phenoxy) is 1. The van der Waals surface area contributed by atoms with Crippen LogP contribution < -0.4 is 15.8 Å². The van der Waals surface area contributed by atoms with Crippen LogP contribution in [0.25, 0.3) is 0 Å². The monoisotopic (exact) mass is 279 g/mol. The van der Waals surface area contributed by atoms with Gasteiger partial charge in [-0.25, -0.2) is 0 Å². The van der Waals surface area contributed by atoms with Gasteiger partial charge in [0.05, 0.1) is 5.69 Å². The molecule has 1 amide bonds. The van der Waals surface area contributed by atoms with Crippen LogP contribution in [-0.2, 0) is 0 Å². The van der Waals surface area contributed by atoms with Gasteiger partial charge in [-0.2, -0.15) is 0 Å². The average Bonchev–Trinajstić information content (AvgIpc) is 2.37. The van der Waals surface area contributed by atoms with E-state index in [0.29, 0.717) is 30.2 Å². The average molecular weight is 279 g/mol. The summed E-state index contributed by atoms with van der Waals surface area (Å²) >= 11 is 0. The van der Waals surface area contributed by atoms with Crippen LogP contribution in [0.3, 0.4) is 0 Å². The lowest BCUT2D eigenvalue weighted by atomic mass is 10.1. The summed E-state index contributed by atoms with van der Waals surface area (Å²) in [6.45, 7) is 7.17. The van der Waals surface area contributed by atoms with Crippen molar-refractivity contribution >= 4 is 11.6 Å². The molecule has 1 aromatic rings. The van der Waals surface area contributed by atoms with Gasteiger partial charge in [0.1, 0.15) is 12.4 Å². The highest BCUT2D eigenvalue weighted by atomic mass is 16.5. The highest BCUT2D eigenvalue weighted by Gasteiger charge is 2.21. The molecule has 0 saturated carbocycles. The molecule has 5 nitrogen and oxygen atoms in total. The molecule has 0 aliphatic heterocycles. The molecule has 5 heteroatoms. The number of nitrogens with one attached hydrogen (secondary N) is 1. The zero-order chi connectivity index (χ0) is 15.3. The van der Waals surface area contributed by atoms with Crippen LogP contribution in [-0.4, -0.2) is 43.6 Å². The highest BCUT2D eigenvalue weighted by Crippen LogP contribution is 2.24. The van der Waals surface area contributed by atoms with Crippen LogP contribution in [0.4, 0.5) is 5.69 Å². The lowest BCUT2D eigenvalue weighted by Crippen LogP contribution is -2.43. The highest BCUT2D eigenvalue weighted by molar-refractivity contribution is 5.95. The summed E-state index contributed by atoms with van der Waals surface area (Å²) in [5, 5.41) is 2.74. The summed E-state index contributed by atoms with van der Waals surface area (Å²) in [7, 11) is 4.01. The third kappa shape index (κ3) is 4.13. The van der Waals surface area contributed by atoms with E-state index in [2.05, 4.69) is 24.1 Å². The molecule has 112 valence electrons. The van der Waals surface area contributed by atoms with Gasteiger partial charge >= 0.3 is 0 Å². The molecule has 0 radical (unpaired) electrons. The van der Waals surface area contributed by atoms with Gasteiger partial charge in [0, 0.05) is 17.6 Å². The van der Waals surface area contributed by atoms with Crippen LogP contribution in [0.1, 0.15) is 31.1 Å². The topological polar surface area (TPSA) is 67.6 Å². The summed E-state index contributed by atoms with van der Waals surface area (Å²) < 4.78 is 5.76. The number of carbonyl (C=O) groups excluding carboxylic acids is 1. The maximum atomic E-state index is 11.7. The molecule has 0 saturated heterocycles. The quantitative estimate of drug-likeness (QED) is 0.778. The fraction of sp³-hybridized carbons (Fsp3) is 0.533. The SMILES string of the molecule is CCNC(=O)c1ccc(OCC(C)(C)N(C)C)c(N)c1. The summed E-state index contributed by atoms with van der Waals surface area (Å²) in [5.74, 6) is 0.479. The van der Waals surface area contributed by atoms with E-state index in [4.69, 9.17) is 10.5 Å². The Balaban J connectivity index is 2.77. The second kappa shape index (κ2) is 6.61. The predicted octanol–water partition coefficient (Wildman–Crippen LogP) is 1.74. The van der Waals surface area contributed by atoms with Crippen molar-refractivity contribution in [2.75, 3.05) is 33.0 Å². The maximum Gasteiger partial charge on any atom is 0.251 e. The lowest BCUT2D eigenvalue weighted by Gasteiger charge is -2.32. The molecule has 1 rings (SSSR count). The van der Waals surface area contributed by atoms with Crippen molar-refractivity contribution in [3.8, 4) is 5.75 Å². The second-order valence-electron chi connectivity index (χ2n) is 5.61. The first kappa shape index (κ1) is 16.3. The van der Waals surface area contributed by atoms with Crippen LogP contribution in [0, 0.1) is 0 Å². The van der Waals surface area contributed by atoms with Gasteiger partial charge in [-0.3, -0.25) is 4.79 Å². The summed E-state index contributed by atoms with van der Waals surface area (Å²) in [6, 6.07) is 5.11.